The fourth-order valence-corrected chi connectivity index (χ4v) is 4.59. The first-order valence-electron chi connectivity index (χ1n) is 10.7. The summed E-state index contributed by atoms with van der Waals surface area (Å²) in [5.41, 5.74) is 4.81. The molecule has 5 rings (SSSR count). The van der Waals surface area contributed by atoms with E-state index in [9.17, 15) is 9.18 Å². The van der Waals surface area contributed by atoms with Gasteiger partial charge in [0.05, 0.1) is 11.7 Å². The van der Waals surface area contributed by atoms with Crippen molar-refractivity contribution in [1.82, 2.24) is 20.3 Å². The molecule has 0 saturated carbocycles. The number of benzene rings is 1. The number of aryl methyl sites for hydroxylation is 3. The van der Waals surface area contributed by atoms with Gasteiger partial charge in [-0.2, -0.15) is 0 Å². The number of carbonyl (C=O) groups is 1. The van der Waals surface area contributed by atoms with Crippen LogP contribution >= 0.6 is 0 Å². The van der Waals surface area contributed by atoms with E-state index < -0.39 is 11.9 Å². The van der Waals surface area contributed by atoms with E-state index in [1.54, 1.807) is 24.4 Å². The summed E-state index contributed by atoms with van der Waals surface area (Å²) in [5, 5.41) is 3.33. The molecule has 1 saturated heterocycles. The summed E-state index contributed by atoms with van der Waals surface area (Å²) in [5.74, 6) is 0.224. The summed E-state index contributed by atoms with van der Waals surface area (Å²) in [6.07, 6.45) is 3.61. The number of fused-ring (bicyclic) bond motifs is 1. The Bertz CT molecular complexity index is 1230. The molecule has 32 heavy (non-hydrogen) atoms. The van der Waals surface area contributed by atoms with Gasteiger partial charge in [-0.25, -0.2) is 14.4 Å². The summed E-state index contributed by atoms with van der Waals surface area (Å²) in [7, 11) is 0. The lowest BCUT2D eigenvalue weighted by Gasteiger charge is -2.17. The fourth-order valence-electron chi connectivity index (χ4n) is 4.59. The van der Waals surface area contributed by atoms with E-state index in [2.05, 4.69) is 20.3 Å². The minimum absolute atomic E-state index is 0.153. The maximum absolute atomic E-state index is 14.9. The van der Waals surface area contributed by atoms with Crippen LogP contribution in [0.1, 0.15) is 27.3 Å². The number of nitrogens with zero attached hydrogens (tertiary/aromatic N) is 4. The Morgan fingerprint density at radius 3 is 2.66 bits per heavy atom. The highest BCUT2D eigenvalue weighted by molar-refractivity contribution is 6.07. The highest BCUT2D eigenvalue weighted by atomic mass is 19.1. The Hall–Kier alpha value is -3.45. The van der Waals surface area contributed by atoms with Crippen LogP contribution in [0.15, 0.2) is 54.4 Å². The molecule has 0 amide bonds. The molecule has 2 atom stereocenters. The molecule has 2 aliphatic rings. The molecule has 1 N–H and O–H groups in total. The predicted molar refractivity (Wildman–Crippen MR) is 121 cm³/mol. The summed E-state index contributed by atoms with van der Waals surface area (Å²) >= 11 is 0. The zero-order valence-electron chi connectivity index (χ0n) is 18.3. The topological polar surface area (TPSA) is 71.0 Å². The lowest BCUT2D eigenvalue weighted by molar-refractivity contribution is 0.0966. The molecule has 1 fully saturated rings. The van der Waals surface area contributed by atoms with Crippen LogP contribution in [-0.4, -0.2) is 39.9 Å². The lowest BCUT2D eigenvalue weighted by atomic mass is 9.91. The van der Waals surface area contributed by atoms with E-state index >= 15 is 0 Å². The number of Topliss-reactive ketones (excluding diaryl/α,β-unsaturated/α-hetero) is 1. The molecular formula is C25H24FN5O. The Labute approximate surface area is 186 Å². The zero-order valence-corrected chi connectivity index (χ0v) is 18.3. The maximum Gasteiger partial charge on any atom is 0.229 e. The van der Waals surface area contributed by atoms with Crippen molar-refractivity contribution in [3.05, 3.63) is 82.7 Å². The standard InChI is InChI=1S/C25H24FN5O/c1-14-7-8-27-21(9-14)22-18(5-4-6-20(22)26)24(32)23-19-13-31(12-17(19)11-28-23)25-29-15(2)10-16(3)30-25/h4-10,13,17,23,28H,11-12H2,1-3H3. The normalized spacial score (nSPS) is 19.8. The summed E-state index contributed by atoms with van der Waals surface area (Å²) < 4.78 is 14.9. The molecule has 2 unspecified atom stereocenters. The Kier molecular flexibility index (Phi) is 5.06. The summed E-state index contributed by atoms with van der Waals surface area (Å²) in [6.45, 7) is 7.20. The van der Waals surface area contributed by atoms with Crippen LogP contribution in [-0.2, 0) is 0 Å². The van der Waals surface area contributed by atoms with Crippen molar-refractivity contribution in [2.45, 2.75) is 26.8 Å². The minimum Gasteiger partial charge on any atom is -0.316 e. The monoisotopic (exact) mass is 429 g/mol. The van der Waals surface area contributed by atoms with Crippen LogP contribution < -0.4 is 10.2 Å². The molecule has 2 aromatic heterocycles. The van der Waals surface area contributed by atoms with Crippen LogP contribution in [0.5, 0.6) is 0 Å². The van der Waals surface area contributed by atoms with Gasteiger partial charge in [0, 0.05) is 53.9 Å². The molecular weight excluding hydrogens is 405 g/mol. The van der Waals surface area contributed by atoms with E-state index in [1.807, 2.05) is 44.0 Å². The van der Waals surface area contributed by atoms with Crippen molar-refractivity contribution < 1.29 is 9.18 Å². The number of halogens is 1. The third-order valence-electron chi connectivity index (χ3n) is 6.04. The van der Waals surface area contributed by atoms with Crippen LogP contribution in [0.2, 0.25) is 0 Å². The number of carbonyl (C=O) groups excluding carboxylic acids is 1. The number of aromatic nitrogens is 3. The predicted octanol–water partition coefficient (Wildman–Crippen LogP) is 3.78. The van der Waals surface area contributed by atoms with Gasteiger partial charge >= 0.3 is 0 Å². The SMILES string of the molecule is Cc1ccnc(-c2c(F)cccc2C(=O)C2NCC3CN(c4nc(C)cc(C)n4)C=C32)c1. The number of nitrogens with one attached hydrogen (secondary N) is 1. The summed E-state index contributed by atoms with van der Waals surface area (Å²) in [4.78, 5) is 29.1. The highest BCUT2D eigenvalue weighted by Gasteiger charge is 2.41. The van der Waals surface area contributed by atoms with Crippen LogP contribution in [0.3, 0.4) is 0 Å². The smallest absolute Gasteiger partial charge is 0.229 e. The molecule has 6 nitrogen and oxygen atoms in total. The maximum atomic E-state index is 14.9. The first-order valence-corrected chi connectivity index (χ1v) is 10.7. The number of ketones is 1. The van der Waals surface area contributed by atoms with Crippen LogP contribution in [0, 0.1) is 32.5 Å². The van der Waals surface area contributed by atoms with Crippen molar-refractivity contribution in [3.63, 3.8) is 0 Å². The molecule has 162 valence electrons. The molecule has 0 aliphatic carbocycles. The van der Waals surface area contributed by atoms with E-state index in [-0.39, 0.29) is 17.3 Å². The third-order valence-corrected chi connectivity index (χ3v) is 6.04. The molecule has 0 radical (unpaired) electrons. The van der Waals surface area contributed by atoms with Crippen molar-refractivity contribution in [2.24, 2.45) is 5.92 Å². The number of hydrogen-bond donors (Lipinski definition) is 1. The second kappa shape index (κ2) is 7.91. The Morgan fingerprint density at radius 2 is 1.91 bits per heavy atom. The average molecular weight is 429 g/mol. The quantitative estimate of drug-likeness (QED) is 0.637. The van der Waals surface area contributed by atoms with Gasteiger partial charge in [-0.15, -0.1) is 0 Å². The van der Waals surface area contributed by atoms with Crippen molar-refractivity contribution >= 4 is 11.7 Å². The van der Waals surface area contributed by atoms with Crippen molar-refractivity contribution in [2.75, 3.05) is 18.0 Å². The van der Waals surface area contributed by atoms with Gasteiger partial charge in [-0.1, -0.05) is 12.1 Å². The molecule has 0 spiro atoms. The van der Waals surface area contributed by atoms with Gasteiger partial charge in [0.1, 0.15) is 5.82 Å². The number of anilines is 1. The van der Waals surface area contributed by atoms with Crippen molar-refractivity contribution in [3.8, 4) is 11.3 Å². The Balaban J connectivity index is 1.50. The molecule has 4 heterocycles. The fraction of sp³-hybridized carbons (Fsp3) is 0.280. The molecule has 7 heteroatoms. The molecule has 1 aromatic carbocycles. The van der Waals surface area contributed by atoms with Crippen LogP contribution in [0.4, 0.5) is 10.3 Å². The Morgan fingerprint density at radius 1 is 1.12 bits per heavy atom. The zero-order chi connectivity index (χ0) is 22.4. The highest BCUT2D eigenvalue weighted by Crippen LogP contribution is 2.35. The second-order valence-electron chi connectivity index (χ2n) is 8.52. The van der Waals surface area contributed by atoms with Gasteiger partial charge in [0.2, 0.25) is 5.95 Å². The third kappa shape index (κ3) is 3.58. The van der Waals surface area contributed by atoms with Gasteiger partial charge in [-0.3, -0.25) is 9.78 Å². The first kappa shape index (κ1) is 20.5. The van der Waals surface area contributed by atoms with Gasteiger partial charge in [0.25, 0.3) is 0 Å². The largest absolute Gasteiger partial charge is 0.316 e. The van der Waals surface area contributed by atoms with E-state index in [1.165, 1.54) is 6.07 Å². The van der Waals surface area contributed by atoms with Gasteiger partial charge < -0.3 is 10.2 Å². The summed E-state index contributed by atoms with van der Waals surface area (Å²) in [6, 6.07) is 9.70. The molecule has 0 bridgehead atoms. The number of pyridine rings is 1. The number of hydrogen-bond acceptors (Lipinski definition) is 6. The van der Waals surface area contributed by atoms with E-state index in [0.29, 0.717) is 30.3 Å². The average Bonchev–Trinajstić information content (AvgIpc) is 3.33. The lowest BCUT2D eigenvalue weighted by Crippen LogP contribution is -2.33. The molecule has 3 aromatic rings. The van der Waals surface area contributed by atoms with Crippen LogP contribution in [0.25, 0.3) is 11.3 Å². The van der Waals surface area contributed by atoms with E-state index in [0.717, 1.165) is 22.5 Å². The van der Waals surface area contributed by atoms with Crippen molar-refractivity contribution in [1.29, 1.82) is 0 Å². The molecule has 2 aliphatic heterocycles. The van der Waals surface area contributed by atoms with E-state index in [4.69, 9.17) is 0 Å². The van der Waals surface area contributed by atoms with Gasteiger partial charge in [0.15, 0.2) is 5.78 Å². The number of rotatable bonds is 4. The first-order chi connectivity index (χ1) is 15.4. The van der Waals surface area contributed by atoms with Gasteiger partial charge in [-0.05, 0) is 56.2 Å². The minimum atomic E-state index is -0.513. The second-order valence-corrected chi connectivity index (χ2v) is 8.52.